The van der Waals surface area contributed by atoms with Crippen molar-refractivity contribution < 1.29 is 19.0 Å². The fourth-order valence-electron chi connectivity index (χ4n) is 4.07. The van der Waals surface area contributed by atoms with Gasteiger partial charge < -0.3 is 14.6 Å². The lowest BCUT2D eigenvalue weighted by molar-refractivity contribution is -0.384. The van der Waals surface area contributed by atoms with Crippen molar-refractivity contribution in [3.05, 3.63) is 55.6 Å². The number of carbonyl (C=O) groups excluding carboxylic acids is 1. The first-order valence-electron chi connectivity index (χ1n) is 13.3. The number of benzene rings is 1. The molecule has 1 aromatic carbocycles. The predicted molar refractivity (Wildman–Crippen MR) is 145 cm³/mol. The van der Waals surface area contributed by atoms with Crippen LogP contribution in [0.1, 0.15) is 99.2 Å². The second-order valence-corrected chi connectivity index (χ2v) is 9.49. The first-order valence-corrected chi connectivity index (χ1v) is 13.9. The minimum absolute atomic E-state index is 0.0635. The lowest BCUT2D eigenvalue weighted by Gasteiger charge is -2.08. The summed E-state index contributed by atoms with van der Waals surface area (Å²) in [7, 11) is 0. The topological polar surface area (TPSA) is 117 Å². The molecule has 206 valence electrons. The van der Waals surface area contributed by atoms with E-state index >= 15 is 0 Å². The van der Waals surface area contributed by atoms with Gasteiger partial charge in [-0.05, 0) is 31.9 Å². The first kappa shape index (κ1) is 30.6. The quantitative estimate of drug-likeness (QED) is 0.0953. The van der Waals surface area contributed by atoms with E-state index in [1.165, 1.54) is 69.9 Å². The minimum atomic E-state index is -0.655. The van der Waals surface area contributed by atoms with Gasteiger partial charge in [0.25, 0.3) is 17.2 Å². The molecule has 9 nitrogen and oxygen atoms in total. The molecule has 0 radical (unpaired) electrons. The van der Waals surface area contributed by atoms with Crippen LogP contribution >= 0.6 is 11.6 Å². The highest BCUT2D eigenvalue weighted by atomic mass is 35.5. The van der Waals surface area contributed by atoms with Crippen molar-refractivity contribution in [1.29, 1.82) is 0 Å². The van der Waals surface area contributed by atoms with Crippen molar-refractivity contribution in [1.82, 2.24) is 10.1 Å². The zero-order valence-corrected chi connectivity index (χ0v) is 22.8. The Bertz CT molecular complexity index is 1050. The number of nitro groups is 1. The molecule has 1 N–H and O–H groups in total. The highest BCUT2D eigenvalue weighted by Gasteiger charge is 2.23. The number of nitrogens with zero attached hydrogens (tertiary/aromatic N) is 2. The van der Waals surface area contributed by atoms with Crippen LogP contribution in [0, 0.1) is 17.0 Å². The van der Waals surface area contributed by atoms with Crippen molar-refractivity contribution in [2.75, 3.05) is 19.8 Å². The number of nitro benzene ring substituents is 1. The highest BCUT2D eigenvalue weighted by molar-refractivity contribution is 6.17. The van der Waals surface area contributed by atoms with Gasteiger partial charge in [-0.1, -0.05) is 64.7 Å². The molecular weight excluding hydrogens is 498 g/mol. The summed E-state index contributed by atoms with van der Waals surface area (Å²) in [6.07, 6.45) is 13.4. The van der Waals surface area contributed by atoms with E-state index in [4.69, 9.17) is 20.9 Å². The van der Waals surface area contributed by atoms with Gasteiger partial charge in [0, 0.05) is 31.4 Å². The minimum Gasteiger partial charge on any atom is -0.381 e. The largest absolute Gasteiger partial charge is 0.381 e. The van der Waals surface area contributed by atoms with Gasteiger partial charge in [0.05, 0.1) is 16.4 Å². The molecule has 0 aliphatic carbocycles. The number of unbranched alkanes of at least 4 members (excludes halogenated alkanes) is 9. The number of alkyl halides is 1. The number of carbonyl (C=O) groups is 1. The van der Waals surface area contributed by atoms with Crippen LogP contribution in [-0.4, -0.2) is 35.3 Å². The van der Waals surface area contributed by atoms with Crippen molar-refractivity contribution in [3.8, 4) is 5.69 Å². The molecule has 2 aromatic rings. The Morgan fingerprint density at radius 2 is 1.68 bits per heavy atom. The normalized spacial score (nSPS) is 11.1. The summed E-state index contributed by atoms with van der Waals surface area (Å²) in [4.78, 5) is 35.9. The van der Waals surface area contributed by atoms with E-state index in [2.05, 4.69) is 12.2 Å². The Hall–Kier alpha value is -2.65. The van der Waals surface area contributed by atoms with Crippen LogP contribution in [0.4, 0.5) is 5.69 Å². The summed E-state index contributed by atoms with van der Waals surface area (Å²) in [5.74, 6) is -0.224. The maximum absolute atomic E-state index is 12.5. The van der Waals surface area contributed by atoms with Gasteiger partial charge in [-0.25, -0.2) is 0 Å². The summed E-state index contributed by atoms with van der Waals surface area (Å²) in [6, 6.07) is 3.88. The van der Waals surface area contributed by atoms with Crippen molar-refractivity contribution in [2.45, 2.75) is 90.4 Å². The van der Waals surface area contributed by atoms with E-state index in [-0.39, 0.29) is 28.5 Å². The van der Waals surface area contributed by atoms with E-state index in [1.807, 2.05) is 0 Å². The van der Waals surface area contributed by atoms with E-state index < -0.39 is 22.1 Å². The molecule has 0 atom stereocenters. The maximum Gasteiger partial charge on any atom is 0.297 e. The number of amides is 1. The number of nitrogens with one attached hydrogen (secondary N) is 1. The molecule has 2 rings (SSSR count). The van der Waals surface area contributed by atoms with Crippen LogP contribution in [-0.2, 0) is 10.6 Å². The Kier molecular flexibility index (Phi) is 14.0. The number of aromatic nitrogens is 1. The summed E-state index contributed by atoms with van der Waals surface area (Å²) in [5, 5.41) is 14.4. The summed E-state index contributed by atoms with van der Waals surface area (Å²) < 4.78 is 11.9. The van der Waals surface area contributed by atoms with Gasteiger partial charge in [0.15, 0.2) is 5.69 Å². The lowest BCUT2D eigenvalue weighted by atomic mass is 10.1. The fourth-order valence-corrected chi connectivity index (χ4v) is 4.37. The SMILES string of the molecule is CCCCCCCCCCCCOCCCNC(=O)c1ccc(-n2oc(C)c(CCl)c2=O)c([N+](=O)[O-])c1. The molecule has 0 fully saturated rings. The summed E-state index contributed by atoms with van der Waals surface area (Å²) in [6.45, 7) is 5.45. The molecule has 0 saturated carbocycles. The monoisotopic (exact) mass is 537 g/mol. The van der Waals surface area contributed by atoms with Crippen molar-refractivity contribution >= 4 is 23.2 Å². The van der Waals surface area contributed by atoms with Crippen LogP contribution in [0.15, 0.2) is 27.5 Å². The van der Waals surface area contributed by atoms with Crippen LogP contribution in [0.25, 0.3) is 5.69 Å². The van der Waals surface area contributed by atoms with Gasteiger partial charge in [-0.3, -0.25) is 19.7 Å². The molecule has 1 heterocycles. The van der Waals surface area contributed by atoms with Crippen LogP contribution in [0.2, 0.25) is 0 Å². The Balaban J connectivity index is 1.69. The molecule has 0 unspecified atom stereocenters. The third-order valence-electron chi connectivity index (χ3n) is 6.28. The van der Waals surface area contributed by atoms with Gasteiger partial charge in [0.1, 0.15) is 5.76 Å². The first-order chi connectivity index (χ1) is 17.9. The molecule has 0 aliphatic heterocycles. The molecule has 0 aliphatic rings. The zero-order chi connectivity index (χ0) is 27.0. The number of rotatable bonds is 19. The van der Waals surface area contributed by atoms with Crippen molar-refractivity contribution in [3.63, 3.8) is 0 Å². The van der Waals surface area contributed by atoms with Crippen LogP contribution in [0.5, 0.6) is 0 Å². The molecule has 0 saturated heterocycles. The van der Waals surface area contributed by atoms with Crippen LogP contribution in [0.3, 0.4) is 0 Å². The molecule has 0 bridgehead atoms. The average molecular weight is 538 g/mol. The van der Waals surface area contributed by atoms with Crippen molar-refractivity contribution in [2.24, 2.45) is 0 Å². The second kappa shape index (κ2) is 17.0. The molecule has 0 spiro atoms. The van der Waals surface area contributed by atoms with Crippen LogP contribution < -0.4 is 10.9 Å². The molecule has 1 aromatic heterocycles. The zero-order valence-electron chi connectivity index (χ0n) is 22.1. The Labute approximate surface area is 223 Å². The molecule has 1 amide bonds. The number of aryl methyl sites for hydroxylation is 1. The molecule has 10 heteroatoms. The Morgan fingerprint density at radius 1 is 1.05 bits per heavy atom. The summed E-state index contributed by atoms with van der Waals surface area (Å²) >= 11 is 5.77. The smallest absolute Gasteiger partial charge is 0.297 e. The summed E-state index contributed by atoms with van der Waals surface area (Å²) in [5.41, 5.74) is -0.690. The Morgan fingerprint density at radius 3 is 2.27 bits per heavy atom. The molecular formula is C27H40ClN3O6. The maximum atomic E-state index is 12.5. The number of ether oxygens (including phenoxy) is 1. The van der Waals surface area contributed by atoms with Gasteiger partial charge in [-0.2, -0.15) is 0 Å². The van der Waals surface area contributed by atoms with Gasteiger partial charge in [-0.15, -0.1) is 16.3 Å². The highest BCUT2D eigenvalue weighted by Crippen LogP contribution is 2.25. The standard InChI is InChI=1S/C27H40ClN3O6/c1-3-4-5-6-7-8-9-10-11-12-17-36-18-13-16-29-26(32)22-14-15-24(25(19-22)31(34)35)30-27(33)23(20-28)21(2)37-30/h14-15,19H,3-13,16-18,20H2,1-2H3,(H,29,32). The number of hydrogen-bond donors (Lipinski definition) is 1. The van der Waals surface area contributed by atoms with E-state index in [1.54, 1.807) is 6.92 Å². The number of halogens is 1. The van der Waals surface area contributed by atoms with Gasteiger partial charge in [0.2, 0.25) is 0 Å². The van der Waals surface area contributed by atoms with E-state index in [9.17, 15) is 19.7 Å². The fraction of sp³-hybridized carbons (Fsp3) is 0.630. The number of hydrogen-bond acceptors (Lipinski definition) is 6. The second-order valence-electron chi connectivity index (χ2n) is 9.22. The van der Waals surface area contributed by atoms with E-state index in [0.29, 0.717) is 19.6 Å². The van der Waals surface area contributed by atoms with Gasteiger partial charge >= 0.3 is 0 Å². The lowest BCUT2D eigenvalue weighted by Crippen LogP contribution is -2.25. The third kappa shape index (κ3) is 9.97. The average Bonchev–Trinajstić information content (AvgIpc) is 3.18. The predicted octanol–water partition coefficient (Wildman–Crippen LogP) is 6.44. The molecule has 37 heavy (non-hydrogen) atoms. The third-order valence-corrected chi connectivity index (χ3v) is 6.54. The van der Waals surface area contributed by atoms with E-state index in [0.717, 1.165) is 23.8 Å².